The lowest BCUT2D eigenvalue weighted by Gasteiger charge is -2.11. The molecule has 0 aliphatic rings. The van der Waals surface area contributed by atoms with Gasteiger partial charge in [-0.25, -0.2) is 13.4 Å². The molecule has 0 saturated carbocycles. The quantitative estimate of drug-likeness (QED) is 0.855. The lowest BCUT2D eigenvalue weighted by molar-refractivity contribution is -0.137. The van der Waals surface area contributed by atoms with Crippen LogP contribution in [0.3, 0.4) is 0 Å². The fraction of sp³-hybridized carbons (Fsp3) is 0.231. The third-order valence-electron chi connectivity index (χ3n) is 2.78. The molecule has 0 unspecified atom stereocenters. The van der Waals surface area contributed by atoms with Crippen molar-refractivity contribution in [1.29, 1.82) is 5.26 Å². The third kappa shape index (κ3) is 3.45. The van der Waals surface area contributed by atoms with Crippen LogP contribution in [-0.2, 0) is 21.8 Å². The maximum atomic E-state index is 12.9. The number of thiazole rings is 1. The molecule has 2 aromatic rings. The van der Waals surface area contributed by atoms with Gasteiger partial charge in [-0.05, 0) is 25.1 Å². The molecule has 0 spiro atoms. The minimum Gasteiger partial charge on any atom is -0.250 e. The van der Waals surface area contributed by atoms with E-state index in [1.54, 1.807) is 6.92 Å². The predicted octanol–water partition coefficient (Wildman–Crippen LogP) is 3.32. The van der Waals surface area contributed by atoms with E-state index in [1.165, 1.54) is 12.3 Å². The molecule has 0 radical (unpaired) electrons. The van der Waals surface area contributed by atoms with Gasteiger partial charge in [0.05, 0.1) is 32.9 Å². The van der Waals surface area contributed by atoms with E-state index < -0.39 is 37.8 Å². The average Bonchev–Trinajstić information content (AvgIpc) is 2.81. The first-order valence-corrected chi connectivity index (χ1v) is 8.36. The van der Waals surface area contributed by atoms with Crippen LogP contribution in [0.2, 0.25) is 0 Å². The number of halogens is 3. The summed E-state index contributed by atoms with van der Waals surface area (Å²) in [7, 11) is -3.95. The van der Waals surface area contributed by atoms with Gasteiger partial charge in [-0.1, -0.05) is 0 Å². The fourth-order valence-corrected chi connectivity index (χ4v) is 4.27. The molecule has 2 rings (SSSR count). The molecule has 9 heteroatoms. The third-order valence-corrected chi connectivity index (χ3v) is 5.54. The van der Waals surface area contributed by atoms with Crippen LogP contribution in [0.15, 0.2) is 29.3 Å². The maximum absolute atomic E-state index is 12.9. The predicted molar refractivity (Wildman–Crippen MR) is 73.9 cm³/mol. The first-order chi connectivity index (χ1) is 10.1. The highest BCUT2D eigenvalue weighted by Crippen LogP contribution is 2.34. The van der Waals surface area contributed by atoms with E-state index in [0.29, 0.717) is 16.0 Å². The summed E-state index contributed by atoms with van der Waals surface area (Å²) in [4.78, 5) is 3.88. The fourth-order valence-electron chi connectivity index (χ4n) is 1.79. The minimum absolute atomic E-state index is 0.429. The van der Waals surface area contributed by atoms with Crippen molar-refractivity contribution in [3.63, 3.8) is 0 Å². The Labute approximate surface area is 128 Å². The maximum Gasteiger partial charge on any atom is 0.417 e. The Morgan fingerprint density at radius 3 is 2.55 bits per heavy atom. The van der Waals surface area contributed by atoms with Crippen molar-refractivity contribution in [2.75, 3.05) is 0 Å². The van der Waals surface area contributed by atoms with Crippen molar-refractivity contribution in [3.8, 4) is 6.07 Å². The molecule has 0 aliphatic heterocycles. The summed E-state index contributed by atoms with van der Waals surface area (Å²) in [6, 6.07) is 3.79. The van der Waals surface area contributed by atoms with Gasteiger partial charge in [0.2, 0.25) is 0 Å². The average molecular weight is 346 g/mol. The van der Waals surface area contributed by atoms with E-state index in [-0.39, 0.29) is 0 Å². The Morgan fingerprint density at radius 2 is 2.05 bits per heavy atom. The Morgan fingerprint density at radius 1 is 1.36 bits per heavy atom. The van der Waals surface area contributed by atoms with Crippen molar-refractivity contribution in [3.05, 3.63) is 45.4 Å². The number of alkyl halides is 3. The molecule has 0 aliphatic carbocycles. The molecule has 0 fully saturated rings. The second kappa shape index (κ2) is 5.70. The molecular weight excluding hydrogens is 337 g/mol. The van der Waals surface area contributed by atoms with Crippen LogP contribution in [0.1, 0.15) is 21.0 Å². The van der Waals surface area contributed by atoms with E-state index in [2.05, 4.69) is 4.98 Å². The number of rotatable bonds is 3. The van der Waals surface area contributed by atoms with E-state index in [9.17, 15) is 21.6 Å². The van der Waals surface area contributed by atoms with Gasteiger partial charge >= 0.3 is 6.18 Å². The smallest absolute Gasteiger partial charge is 0.250 e. The van der Waals surface area contributed by atoms with E-state index in [1.807, 2.05) is 0 Å². The van der Waals surface area contributed by atoms with Crippen molar-refractivity contribution >= 4 is 21.2 Å². The number of sulfone groups is 1. The Balaban J connectivity index is 2.46. The van der Waals surface area contributed by atoms with Crippen LogP contribution in [0.25, 0.3) is 0 Å². The van der Waals surface area contributed by atoms with Gasteiger partial charge in [0.15, 0.2) is 9.84 Å². The van der Waals surface area contributed by atoms with Gasteiger partial charge in [-0.2, -0.15) is 18.4 Å². The van der Waals surface area contributed by atoms with Crippen molar-refractivity contribution < 1.29 is 21.6 Å². The van der Waals surface area contributed by atoms with Gasteiger partial charge in [0, 0.05) is 11.1 Å². The summed E-state index contributed by atoms with van der Waals surface area (Å²) in [5, 5.41) is 9.37. The molecule has 0 amide bonds. The molecule has 1 aromatic heterocycles. The lowest BCUT2D eigenvalue weighted by Crippen LogP contribution is -2.11. The largest absolute Gasteiger partial charge is 0.417 e. The summed E-state index contributed by atoms with van der Waals surface area (Å²) >= 11 is 1.16. The zero-order valence-electron chi connectivity index (χ0n) is 11.2. The second-order valence-electron chi connectivity index (χ2n) is 4.42. The van der Waals surface area contributed by atoms with Crippen molar-refractivity contribution in [2.24, 2.45) is 0 Å². The zero-order chi connectivity index (χ0) is 16.5. The Bertz CT molecular complexity index is 849. The molecule has 116 valence electrons. The number of nitrogens with zero attached hydrogens (tertiary/aromatic N) is 2. The van der Waals surface area contributed by atoms with Crippen LogP contribution >= 0.6 is 11.3 Å². The molecular formula is C13H9F3N2O2S2. The topological polar surface area (TPSA) is 70.8 Å². The molecule has 0 atom stereocenters. The SMILES string of the molecule is Cc1ncc(CS(=O)(=O)c2ccc(C#N)c(C(F)(F)F)c2)s1. The minimum atomic E-state index is -4.79. The molecule has 0 saturated heterocycles. The normalized spacial score (nSPS) is 12.1. The van der Waals surface area contributed by atoms with Gasteiger partial charge < -0.3 is 0 Å². The number of aryl methyl sites for hydroxylation is 1. The molecule has 0 N–H and O–H groups in total. The van der Waals surface area contributed by atoms with Crippen LogP contribution < -0.4 is 0 Å². The monoisotopic (exact) mass is 346 g/mol. The Hall–Kier alpha value is -1.92. The highest BCUT2D eigenvalue weighted by atomic mass is 32.2. The van der Waals surface area contributed by atoms with E-state index in [0.717, 1.165) is 23.5 Å². The summed E-state index contributed by atoms with van der Waals surface area (Å²) < 4.78 is 63.1. The zero-order valence-corrected chi connectivity index (χ0v) is 12.8. The van der Waals surface area contributed by atoms with E-state index in [4.69, 9.17) is 5.26 Å². The summed E-state index contributed by atoms with van der Waals surface area (Å²) in [6.45, 7) is 1.70. The molecule has 0 bridgehead atoms. The molecule has 22 heavy (non-hydrogen) atoms. The molecule has 1 aromatic carbocycles. The molecule has 1 heterocycles. The van der Waals surface area contributed by atoms with Crippen molar-refractivity contribution in [2.45, 2.75) is 23.7 Å². The number of hydrogen-bond acceptors (Lipinski definition) is 5. The number of benzene rings is 1. The first kappa shape index (κ1) is 16.5. The summed E-state index contributed by atoms with van der Waals surface area (Å²) in [5.41, 5.74) is -1.86. The van der Waals surface area contributed by atoms with E-state index >= 15 is 0 Å². The van der Waals surface area contributed by atoms with Crippen LogP contribution in [0, 0.1) is 18.3 Å². The Kier molecular flexibility index (Phi) is 4.26. The second-order valence-corrected chi connectivity index (χ2v) is 7.73. The highest BCUT2D eigenvalue weighted by molar-refractivity contribution is 7.90. The van der Waals surface area contributed by atoms with Gasteiger partial charge in [0.1, 0.15) is 0 Å². The van der Waals surface area contributed by atoms with Gasteiger partial charge in [-0.3, -0.25) is 0 Å². The van der Waals surface area contributed by atoms with Gasteiger partial charge in [0.25, 0.3) is 0 Å². The van der Waals surface area contributed by atoms with Gasteiger partial charge in [-0.15, -0.1) is 11.3 Å². The van der Waals surface area contributed by atoms with Crippen molar-refractivity contribution in [1.82, 2.24) is 4.98 Å². The summed E-state index contributed by atoms with van der Waals surface area (Å²) in [6.07, 6.45) is -3.41. The number of aromatic nitrogens is 1. The number of hydrogen-bond donors (Lipinski definition) is 0. The molecule has 4 nitrogen and oxygen atoms in total. The number of nitriles is 1. The summed E-state index contributed by atoms with van der Waals surface area (Å²) in [5.74, 6) is -0.429. The van der Waals surface area contributed by atoms with Crippen LogP contribution in [0.5, 0.6) is 0 Å². The first-order valence-electron chi connectivity index (χ1n) is 5.89. The van der Waals surface area contributed by atoms with Crippen LogP contribution in [-0.4, -0.2) is 13.4 Å². The standard InChI is InChI=1S/C13H9F3N2O2S2/c1-8-18-6-10(21-8)7-22(19,20)11-3-2-9(5-17)12(4-11)13(14,15)16/h2-4,6H,7H2,1H3. The highest BCUT2D eigenvalue weighted by Gasteiger charge is 2.35. The lowest BCUT2D eigenvalue weighted by atomic mass is 10.1. The van der Waals surface area contributed by atoms with Crippen LogP contribution in [0.4, 0.5) is 13.2 Å².